The number of rotatable bonds is 6. The van der Waals surface area contributed by atoms with E-state index in [9.17, 15) is 4.79 Å². The first-order valence-electron chi connectivity index (χ1n) is 7.56. The zero-order valence-electron chi connectivity index (χ0n) is 13.1. The smallest absolute Gasteiger partial charge is 0.340 e. The fourth-order valence-electron chi connectivity index (χ4n) is 2.13. The first-order valence-corrected chi connectivity index (χ1v) is 7.56. The van der Waals surface area contributed by atoms with Gasteiger partial charge in [0.1, 0.15) is 0 Å². The van der Waals surface area contributed by atoms with Crippen molar-refractivity contribution < 1.29 is 9.53 Å². The molecule has 1 fully saturated rings. The van der Waals surface area contributed by atoms with Crippen molar-refractivity contribution in [1.82, 2.24) is 4.90 Å². The summed E-state index contributed by atoms with van der Waals surface area (Å²) in [5, 5.41) is 0. The fourth-order valence-corrected chi connectivity index (χ4v) is 2.13. The SMILES string of the molecule is CCCCC(N)(N)C(=O)OC.NCCN1CCCCC1. The number of carbonyl (C=O) groups is 1. The summed E-state index contributed by atoms with van der Waals surface area (Å²) >= 11 is 0. The summed E-state index contributed by atoms with van der Waals surface area (Å²) < 4.78 is 4.42. The highest BCUT2D eigenvalue weighted by Crippen LogP contribution is 2.07. The zero-order valence-corrected chi connectivity index (χ0v) is 13.1. The molecule has 120 valence electrons. The molecule has 0 unspecified atom stereocenters. The Kier molecular flexibility index (Phi) is 10.6. The number of likely N-dealkylation sites (tertiary alicyclic amines) is 1. The second kappa shape index (κ2) is 11.0. The van der Waals surface area contributed by atoms with Gasteiger partial charge in [-0.05, 0) is 38.8 Å². The quantitative estimate of drug-likeness (QED) is 0.482. The molecule has 0 spiro atoms. The van der Waals surface area contributed by atoms with Gasteiger partial charge in [-0.2, -0.15) is 0 Å². The summed E-state index contributed by atoms with van der Waals surface area (Å²) in [6.07, 6.45) is 6.44. The van der Waals surface area contributed by atoms with Gasteiger partial charge in [0.2, 0.25) is 0 Å². The van der Waals surface area contributed by atoms with E-state index in [1.165, 1.54) is 39.5 Å². The minimum atomic E-state index is -1.30. The molecule has 1 aliphatic heterocycles. The molecule has 0 radical (unpaired) electrons. The van der Waals surface area contributed by atoms with Crippen molar-refractivity contribution in [3.63, 3.8) is 0 Å². The average molecular weight is 288 g/mol. The van der Waals surface area contributed by atoms with E-state index >= 15 is 0 Å². The Morgan fingerprint density at radius 2 is 1.85 bits per heavy atom. The van der Waals surface area contributed by atoms with E-state index in [1.807, 2.05) is 6.92 Å². The van der Waals surface area contributed by atoms with Crippen LogP contribution in [0.3, 0.4) is 0 Å². The monoisotopic (exact) mass is 288 g/mol. The van der Waals surface area contributed by atoms with Crippen LogP contribution in [0, 0.1) is 0 Å². The summed E-state index contributed by atoms with van der Waals surface area (Å²) in [7, 11) is 1.28. The van der Waals surface area contributed by atoms with Gasteiger partial charge in [0.15, 0.2) is 5.66 Å². The van der Waals surface area contributed by atoms with Gasteiger partial charge < -0.3 is 26.8 Å². The van der Waals surface area contributed by atoms with Crippen LogP contribution in [0.4, 0.5) is 0 Å². The zero-order chi connectivity index (χ0) is 15.4. The van der Waals surface area contributed by atoms with Crippen LogP contribution in [-0.4, -0.2) is 49.8 Å². The summed E-state index contributed by atoms with van der Waals surface area (Å²) in [6, 6.07) is 0. The predicted molar refractivity (Wildman–Crippen MR) is 82.0 cm³/mol. The minimum Gasteiger partial charge on any atom is -0.467 e. The maximum Gasteiger partial charge on any atom is 0.340 e. The van der Waals surface area contributed by atoms with Crippen LogP contribution in [0.5, 0.6) is 0 Å². The van der Waals surface area contributed by atoms with Gasteiger partial charge in [0.05, 0.1) is 7.11 Å². The lowest BCUT2D eigenvalue weighted by Gasteiger charge is -2.25. The van der Waals surface area contributed by atoms with Crippen LogP contribution in [0.2, 0.25) is 0 Å². The molecule has 6 nitrogen and oxygen atoms in total. The number of hydrogen-bond acceptors (Lipinski definition) is 6. The topological polar surface area (TPSA) is 108 Å². The number of piperidine rings is 1. The summed E-state index contributed by atoms with van der Waals surface area (Å²) in [5.41, 5.74) is 15.0. The third kappa shape index (κ3) is 8.47. The summed E-state index contributed by atoms with van der Waals surface area (Å²) in [5.74, 6) is -0.550. The van der Waals surface area contributed by atoms with E-state index in [4.69, 9.17) is 17.2 Å². The second-order valence-corrected chi connectivity index (χ2v) is 5.33. The molecule has 0 saturated carbocycles. The molecule has 6 N–H and O–H groups in total. The first-order chi connectivity index (χ1) is 9.47. The molecular formula is C14H32N4O2. The number of methoxy groups -OCH3 is 1. The Labute approximate surface area is 123 Å². The number of carbonyl (C=O) groups excluding carboxylic acids is 1. The Morgan fingerprint density at radius 1 is 1.25 bits per heavy atom. The molecule has 0 bridgehead atoms. The van der Waals surface area contributed by atoms with Crippen molar-refractivity contribution in [3.05, 3.63) is 0 Å². The van der Waals surface area contributed by atoms with Crippen LogP contribution in [0.1, 0.15) is 45.4 Å². The van der Waals surface area contributed by atoms with Crippen molar-refractivity contribution in [1.29, 1.82) is 0 Å². The van der Waals surface area contributed by atoms with Gasteiger partial charge >= 0.3 is 5.97 Å². The lowest BCUT2D eigenvalue weighted by atomic mass is 10.1. The van der Waals surface area contributed by atoms with Crippen LogP contribution in [0.25, 0.3) is 0 Å². The van der Waals surface area contributed by atoms with E-state index in [1.54, 1.807) is 0 Å². The number of hydrogen-bond donors (Lipinski definition) is 3. The third-order valence-corrected chi connectivity index (χ3v) is 3.40. The predicted octanol–water partition coefficient (Wildman–Crippen LogP) is 0.394. The number of nitrogens with two attached hydrogens (primary N) is 3. The third-order valence-electron chi connectivity index (χ3n) is 3.40. The Bertz CT molecular complexity index is 251. The normalized spacial score (nSPS) is 16.2. The number of unbranched alkanes of at least 4 members (excludes halogenated alkanes) is 1. The highest BCUT2D eigenvalue weighted by Gasteiger charge is 2.28. The molecule has 20 heavy (non-hydrogen) atoms. The maximum absolute atomic E-state index is 10.9. The van der Waals surface area contributed by atoms with Crippen molar-refractivity contribution in [2.45, 2.75) is 51.1 Å². The standard InChI is InChI=1S/C7H16N2O2.C7H16N2/c1-3-4-5-7(8,9)6(10)11-2;8-4-7-9-5-2-1-3-6-9/h3-5,8-9H2,1-2H3;1-8H2. The van der Waals surface area contributed by atoms with Crippen LogP contribution in [-0.2, 0) is 9.53 Å². The molecule has 0 aromatic heterocycles. The Morgan fingerprint density at radius 3 is 2.30 bits per heavy atom. The van der Waals surface area contributed by atoms with Gasteiger partial charge in [0.25, 0.3) is 0 Å². The fraction of sp³-hybridized carbons (Fsp3) is 0.929. The lowest BCUT2D eigenvalue weighted by molar-refractivity contribution is -0.147. The maximum atomic E-state index is 10.9. The molecule has 1 rings (SSSR count). The summed E-state index contributed by atoms with van der Waals surface area (Å²) in [4.78, 5) is 13.3. The number of ether oxygens (including phenoxy) is 1. The highest BCUT2D eigenvalue weighted by molar-refractivity contribution is 5.79. The van der Waals surface area contributed by atoms with E-state index in [2.05, 4.69) is 9.64 Å². The number of nitrogens with zero attached hydrogens (tertiary/aromatic N) is 1. The Balaban J connectivity index is 0.000000367. The molecule has 0 atom stereocenters. The van der Waals surface area contributed by atoms with Gasteiger partial charge in [-0.15, -0.1) is 0 Å². The van der Waals surface area contributed by atoms with E-state index in [-0.39, 0.29) is 0 Å². The van der Waals surface area contributed by atoms with Crippen molar-refractivity contribution in [3.8, 4) is 0 Å². The van der Waals surface area contributed by atoms with Crippen LogP contribution in [0.15, 0.2) is 0 Å². The van der Waals surface area contributed by atoms with Gasteiger partial charge in [-0.1, -0.05) is 19.8 Å². The minimum absolute atomic E-state index is 0.468. The van der Waals surface area contributed by atoms with Gasteiger partial charge in [0, 0.05) is 13.1 Å². The molecular weight excluding hydrogens is 256 g/mol. The second-order valence-electron chi connectivity index (χ2n) is 5.33. The van der Waals surface area contributed by atoms with Crippen LogP contribution < -0.4 is 17.2 Å². The molecule has 0 aromatic rings. The van der Waals surface area contributed by atoms with Crippen molar-refractivity contribution >= 4 is 5.97 Å². The van der Waals surface area contributed by atoms with Gasteiger partial charge in [-0.25, -0.2) is 4.79 Å². The average Bonchev–Trinajstić information content (AvgIpc) is 2.46. The van der Waals surface area contributed by atoms with Crippen molar-refractivity contribution in [2.24, 2.45) is 17.2 Å². The van der Waals surface area contributed by atoms with Gasteiger partial charge in [-0.3, -0.25) is 0 Å². The molecule has 6 heteroatoms. The molecule has 0 aliphatic carbocycles. The summed E-state index contributed by atoms with van der Waals surface area (Å²) in [6.45, 7) is 6.47. The van der Waals surface area contributed by atoms with Crippen molar-refractivity contribution in [2.75, 3.05) is 33.3 Å². The molecule has 1 aliphatic rings. The van der Waals surface area contributed by atoms with E-state index in [0.717, 1.165) is 25.9 Å². The number of esters is 1. The van der Waals surface area contributed by atoms with Crippen LogP contribution >= 0.6 is 0 Å². The molecule has 0 aromatic carbocycles. The molecule has 1 saturated heterocycles. The lowest BCUT2D eigenvalue weighted by Crippen LogP contribution is -2.56. The Hall–Kier alpha value is -0.690. The highest BCUT2D eigenvalue weighted by atomic mass is 16.5. The molecule has 0 amide bonds. The van der Waals surface area contributed by atoms with E-state index in [0.29, 0.717) is 6.42 Å². The van der Waals surface area contributed by atoms with E-state index < -0.39 is 11.6 Å². The first kappa shape index (κ1) is 19.3. The largest absolute Gasteiger partial charge is 0.467 e. The molecule has 1 heterocycles.